The van der Waals surface area contributed by atoms with Gasteiger partial charge in [0, 0.05) is 18.3 Å². The van der Waals surface area contributed by atoms with Crippen LogP contribution in [0, 0.1) is 6.92 Å². The fourth-order valence-corrected chi connectivity index (χ4v) is 4.53. The van der Waals surface area contributed by atoms with Gasteiger partial charge < -0.3 is 14.4 Å². The second kappa shape index (κ2) is 8.75. The van der Waals surface area contributed by atoms with Crippen molar-refractivity contribution < 1.29 is 27.4 Å². The number of carbonyl (C=O) groups is 1. The van der Waals surface area contributed by atoms with E-state index in [1.165, 1.54) is 22.9 Å². The Bertz CT molecular complexity index is 1350. The average Bonchev–Trinajstić information content (AvgIpc) is 3.33. The molecule has 1 atom stereocenters. The summed E-state index contributed by atoms with van der Waals surface area (Å²) in [7, 11) is 0. The number of nitrogens with zero attached hydrogens (tertiary/aromatic N) is 3. The Morgan fingerprint density at radius 3 is 2.60 bits per heavy atom. The minimum atomic E-state index is -4.53. The number of benzene rings is 2. The minimum absolute atomic E-state index is 0.108. The van der Waals surface area contributed by atoms with Gasteiger partial charge in [-0.3, -0.25) is 9.59 Å². The van der Waals surface area contributed by atoms with Crippen molar-refractivity contribution in [2.75, 3.05) is 19.8 Å². The van der Waals surface area contributed by atoms with Crippen molar-refractivity contribution in [3.8, 4) is 17.2 Å². The third-order valence-electron chi connectivity index (χ3n) is 6.19. The monoisotopic (exact) mass is 485 g/mol. The number of hydrogen-bond acceptors (Lipinski definition) is 5. The molecule has 182 valence electrons. The fourth-order valence-electron chi connectivity index (χ4n) is 4.53. The van der Waals surface area contributed by atoms with Crippen molar-refractivity contribution in [1.82, 2.24) is 14.7 Å². The molecule has 2 aliphatic heterocycles. The molecule has 2 aromatic carbocycles. The smallest absolute Gasteiger partial charge is 0.416 e. The maximum absolute atomic E-state index is 13.5. The fraction of sp³-hybridized carbons (Fsp3) is 0.320. The topological polar surface area (TPSA) is 73.7 Å². The van der Waals surface area contributed by atoms with Gasteiger partial charge in [0.15, 0.2) is 17.2 Å². The van der Waals surface area contributed by atoms with Crippen molar-refractivity contribution in [3.63, 3.8) is 0 Å². The van der Waals surface area contributed by atoms with Crippen LogP contribution in [-0.2, 0) is 6.18 Å². The summed E-state index contributed by atoms with van der Waals surface area (Å²) in [5.74, 6) is 0.682. The zero-order valence-corrected chi connectivity index (χ0v) is 18.8. The number of ether oxygens (including phenoxy) is 2. The predicted octanol–water partition coefficient (Wildman–Crippen LogP) is 4.31. The first-order valence-electron chi connectivity index (χ1n) is 11.2. The maximum atomic E-state index is 13.5. The van der Waals surface area contributed by atoms with E-state index in [9.17, 15) is 22.8 Å². The lowest BCUT2D eigenvalue weighted by Crippen LogP contribution is -2.36. The van der Waals surface area contributed by atoms with Crippen molar-refractivity contribution in [1.29, 1.82) is 0 Å². The molecular formula is C25H22F3N3O4. The predicted molar refractivity (Wildman–Crippen MR) is 120 cm³/mol. The van der Waals surface area contributed by atoms with Gasteiger partial charge in [-0.25, -0.2) is 4.68 Å². The van der Waals surface area contributed by atoms with E-state index in [2.05, 4.69) is 5.10 Å². The molecule has 0 bridgehead atoms. The highest BCUT2D eigenvalue weighted by molar-refractivity contribution is 5.92. The average molecular weight is 485 g/mol. The van der Waals surface area contributed by atoms with E-state index in [0.29, 0.717) is 43.4 Å². The summed E-state index contributed by atoms with van der Waals surface area (Å²) in [6.45, 7) is 2.89. The van der Waals surface area contributed by atoms with Crippen LogP contribution in [0.3, 0.4) is 0 Å². The Labute approximate surface area is 198 Å². The van der Waals surface area contributed by atoms with Crippen molar-refractivity contribution in [2.24, 2.45) is 0 Å². The first-order chi connectivity index (χ1) is 16.7. The van der Waals surface area contributed by atoms with Gasteiger partial charge in [-0.1, -0.05) is 12.1 Å². The van der Waals surface area contributed by atoms with E-state index >= 15 is 0 Å². The number of hydrogen-bond donors (Lipinski definition) is 0. The number of aryl methyl sites for hydroxylation is 1. The first kappa shape index (κ1) is 22.9. The molecule has 1 saturated heterocycles. The second-order valence-corrected chi connectivity index (χ2v) is 8.52. The van der Waals surface area contributed by atoms with Gasteiger partial charge in [0.25, 0.3) is 5.91 Å². The van der Waals surface area contributed by atoms with Crippen molar-refractivity contribution in [2.45, 2.75) is 32.0 Å². The summed E-state index contributed by atoms with van der Waals surface area (Å²) in [6, 6.07) is 11.0. The standard InChI is InChI=1S/C25H22F3N3O4/c1-15-12-20(32)23(29-31(15)18-5-2-4-17(14-18)25(26,27)28)24(33)30-9-3-6-19(30)16-7-8-21-22(13-16)35-11-10-34-21/h2,4-5,7-8,12-14,19H,3,6,9-11H2,1H3. The lowest BCUT2D eigenvalue weighted by atomic mass is 10.0. The Balaban J connectivity index is 1.49. The molecule has 0 N–H and O–H groups in total. The summed E-state index contributed by atoms with van der Waals surface area (Å²) >= 11 is 0. The van der Waals surface area contributed by atoms with E-state index < -0.39 is 23.1 Å². The molecule has 1 unspecified atom stereocenters. The van der Waals surface area contributed by atoms with Gasteiger partial charge in [-0.2, -0.15) is 18.3 Å². The zero-order valence-electron chi connectivity index (χ0n) is 18.8. The summed E-state index contributed by atoms with van der Waals surface area (Å²) in [6.07, 6.45) is -3.11. The number of aromatic nitrogens is 2. The Kier molecular flexibility index (Phi) is 5.74. The third-order valence-corrected chi connectivity index (χ3v) is 6.19. The van der Waals surface area contributed by atoms with E-state index in [0.717, 1.165) is 24.1 Å². The van der Waals surface area contributed by atoms with Crippen LogP contribution in [0.5, 0.6) is 11.5 Å². The van der Waals surface area contributed by atoms with Gasteiger partial charge >= 0.3 is 6.18 Å². The molecule has 0 saturated carbocycles. The number of halogens is 3. The molecule has 1 amide bonds. The van der Waals surface area contributed by atoms with Crippen LogP contribution in [0.1, 0.15) is 46.2 Å². The molecule has 0 spiro atoms. The van der Waals surface area contributed by atoms with Crippen LogP contribution >= 0.6 is 0 Å². The molecule has 1 fully saturated rings. The number of carbonyl (C=O) groups excluding carboxylic acids is 1. The number of amides is 1. The number of alkyl halides is 3. The molecule has 2 aliphatic rings. The lowest BCUT2D eigenvalue weighted by molar-refractivity contribution is -0.137. The van der Waals surface area contributed by atoms with Crippen LogP contribution < -0.4 is 14.9 Å². The minimum Gasteiger partial charge on any atom is -0.486 e. The molecule has 0 radical (unpaired) electrons. The SMILES string of the molecule is Cc1cc(=O)c(C(=O)N2CCCC2c2ccc3c(c2)OCCO3)nn1-c1cccc(C(F)(F)F)c1. The lowest BCUT2D eigenvalue weighted by Gasteiger charge is -2.26. The third kappa shape index (κ3) is 4.36. The van der Waals surface area contributed by atoms with Crippen LogP contribution in [0.15, 0.2) is 53.3 Å². The van der Waals surface area contributed by atoms with Crippen molar-refractivity contribution in [3.05, 3.63) is 81.3 Å². The summed E-state index contributed by atoms with van der Waals surface area (Å²) in [5, 5.41) is 4.21. The number of rotatable bonds is 3. The summed E-state index contributed by atoms with van der Waals surface area (Å²) < 4.78 is 52.1. The maximum Gasteiger partial charge on any atom is 0.416 e. The quantitative estimate of drug-likeness (QED) is 0.553. The molecular weight excluding hydrogens is 463 g/mol. The van der Waals surface area contributed by atoms with E-state index in [1.807, 2.05) is 12.1 Å². The Hall–Kier alpha value is -3.82. The van der Waals surface area contributed by atoms with Crippen LogP contribution in [0.2, 0.25) is 0 Å². The Morgan fingerprint density at radius 2 is 1.83 bits per heavy atom. The highest BCUT2D eigenvalue weighted by Crippen LogP contribution is 2.38. The van der Waals surface area contributed by atoms with Crippen LogP contribution in [-0.4, -0.2) is 40.3 Å². The van der Waals surface area contributed by atoms with E-state index in [1.54, 1.807) is 17.9 Å². The highest BCUT2D eigenvalue weighted by atomic mass is 19.4. The highest BCUT2D eigenvalue weighted by Gasteiger charge is 2.34. The molecule has 7 nitrogen and oxygen atoms in total. The van der Waals surface area contributed by atoms with Crippen molar-refractivity contribution >= 4 is 5.91 Å². The van der Waals surface area contributed by atoms with E-state index in [-0.39, 0.29) is 17.4 Å². The van der Waals surface area contributed by atoms with Gasteiger partial charge in [0.1, 0.15) is 13.2 Å². The normalized spacial score (nSPS) is 17.5. The largest absolute Gasteiger partial charge is 0.486 e. The van der Waals surface area contributed by atoms with Crippen LogP contribution in [0.25, 0.3) is 5.69 Å². The first-order valence-corrected chi connectivity index (χ1v) is 11.2. The number of likely N-dealkylation sites (tertiary alicyclic amines) is 1. The number of fused-ring (bicyclic) bond motifs is 1. The van der Waals surface area contributed by atoms with E-state index in [4.69, 9.17) is 9.47 Å². The molecule has 5 rings (SSSR count). The second-order valence-electron chi connectivity index (χ2n) is 8.52. The van der Waals surface area contributed by atoms with Gasteiger partial charge in [0.2, 0.25) is 5.43 Å². The summed E-state index contributed by atoms with van der Waals surface area (Å²) in [5.41, 5.74) is -0.487. The molecule has 10 heteroatoms. The molecule has 3 heterocycles. The van der Waals surface area contributed by atoms with Crippen LogP contribution in [0.4, 0.5) is 13.2 Å². The molecule has 1 aromatic heterocycles. The van der Waals surface area contributed by atoms with Gasteiger partial charge in [-0.15, -0.1) is 0 Å². The molecule has 3 aromatic rings. The van der Waals surface area contributed by atoms with Gasteiger partial charge in [-0.05, 0) is 55.7 Å². The zero-order chi connectivity index (χ0) is 24.7. The Morgan fingerprint density at radius 1 is 1.06 bits per heavy atom. The van der Waals surface area contributed by atoms with Gasteiger partial charge in [0.05, 0.1) is 17.3 Å². The molecule has 35 heavy (non-hydrogen) atoms. The molecule has 0 aliphatic carbocycles. The summed E-state index contributed by atoms with van der Waals surface area (Å²) in [4.78, 5) is 27.8.